The molecule has 4 aromatic carbocycles. The Balaban J connectivity index is 1.39. The number of nitrogens with one attached hydrogen (secondary N) is 3. The number of anilines is 3. The first-order valence-corrected chi connectivity index (χ1v) is 18.5. The van der Waals surface area contributed by atoms with E-state index in [9.17, 15) is 22.7 Å². The molecule has 0 bridgehead atoms. The molecule has 0 saturated carbocycles. The van der Waals surface area contributed by atoms with Crippen molar-refractivity contribution in [1.29, 1.82) is 0 Å². The van der Waals surface area contributed by atoms with Gasteiger partial charge in [-0.3, -0.25) is 9.71 Å². The second kappa shape index (κ2) is 14.7. The number of ether oxygens (including phenoxy) is 3. The van der Waals surface area contributed by atoms with Crippen LogP contribution in [-0.4, -0.2) is 44.8 Å². The maximum Gasteiger partial charge on any atom is 0.550 e. The zero-order valence-electron chi connectivity index (χ0n) is 28.4. The number of hydrogen-bond acceptors (Lipinski definition) is 8. The molecule has 1 atom stereocenters. The van der Waals surface area contributed by atoms with Gasteiger partial charge < -0.3 is 24.8 Å². The van der Waals surface area contributed by atoms with Gasteiger partial charge in [0.25, 0.3) is 5.30 Å². The van der Waals surface area contributed by atoms with Gasteiger partial charge in [-0.2, -0.15) is 4.89 Å². The molecule has 1 unspecified atom stereocenters. The van der Waals surface area contributed by atoms with Gasteiger partial charge in [0.15, 0.2) is 11.5 Å². The number of carbonyl (C=O) groups excluding carboxylic acids is 1. The normalized spacial score (nSPS) is 11.9. The van der Waals surface area contributed by atoms with Crippen LogP contribution < -0.4 is 34.9 Å². The van der Waals surface area contributed by atoms with E-state index in [1.165, 1.54) is 14.2 Å². The Bertz CT molecular complexity index is 2200. The molecule has 50 heavy (non-hydrogen) atoms. The maximum atomic E-state index is 13.4. The fourth-order valence-electron chi connectivity index (χ4n) is 5.34. The van der Waals surface area contributed by atoms with Crippen LogP contribution in [0.3, 0.4) is 0 Å². The Morgan fingerprint density at radius 2 is 1.56 bits per heavy atom. The van der Waals surface area contributed by atoms with Crippen molar-refractivity contribution in [2.24, 2.45) is 0 Å². The van der Waals surface area contributed by atoms with E-state index in [2.05, 4.69) is 20.3 Å². The third-order valence-corrected chi connectivity index (χ3v) is 9.06. The number of pyridine rings is 1. The summed E-state index contributed by atoms with van der Waals surface area (Å²) in [5.74, 6) is 1.60. The first kappa shape index (κ1) is 36.1. The number of rotatable bonds is 11. The van der Waals surface area contributed by atoms with E-state index in [1.807, 2.05) is 51.1 Å². The van der Waals surface area contributed by atoms with Crippen LogP contribution in [-0.2, 0) is 26.4 Å². The maximum absolute atomic E-state index is 13.4. The van der Waals surface area contributed by atoms with Gasteiger partial charge in [-0.25, -0.2) is 13.2 Å². The van der Waals surface area contributed by atoms with E-state index in [-0.39, 0.29) is 22.2 Å². The van der Waals surface area contributed by atoms with Crippen molar-refractivity contribution in [3.8, 4) is 23.0 Å². The highest BCUT2D eigenvalue weighted by molar-refractivity contribution is 7.92. The van der Waals surface area contributed by atoms with Gasteiger partial charge in [0.1, 0.15) is 11.5 Å². The molecular weight excluding hydrogens is 679 g/mol. The van der Waals surface area contributed by atoms with E-state index in [0.29, 0.717) is 40.7 Å². The second-order valence-corrected chi connectivity index (χ2v) is 15.3. The molecule has 260 valence electrons. The van der Waals surface area contributed by atoms with E-state index in [4.69, 9.17) is 14.2 Å². The van der Waals surface area contributed by atoms with Gasteiger partial charge in [-0.15, -0.1) is 0 Å². The first-order valence-electron chi connectivity index (χ1n) is 15.4. The van der Waals surface area contributed by atoms with Crippen LogP contribution in [0.25, 0.3) is 10.8 Å². The molecular formula is C36H38N4O8PS+. The van der Waals surface area contributed by atoms with E-state index in [1.54, 1.807) is 54.7 Å². The molecule has 0 aliphatic rings. The number of sulfonamides is 1. The number of carbonyl (C=O) groups is 1. The number of nitrogens with zero attached hydrogens (tertiary/aromatic N) is 1. The van der Waals surface area contributed by atoms with Crippen LogP contribution >= 0.6 is 8.03 Å². The summed E-state index contributed by atoms with van der Waals surface area (Å²) in [5.41, 5.74) is 2.99. The molecule has 0 fully saturated rings. The quantitative estimate of drug-likeness (QED) is 0.103. The summed E-state index contributed by atoms with van der Waals surface area (Å²) in [6.07, 6.45) is 3.12. The summed E-state index contributed by atoms with van der Waals surface area (Å²) >= 11 is 0. The number of amides is 2. The van der Waals surface area contributed by atoms with Gasteiger partial charge in [0, 0.05) is 35.2 Å². The fraction of sp³-hybridized carbons (Fsp3) is 0.222. The molecule has 0 radical (unpaired) electrons. The summed E-state index contributed by atoms with van der Waals surface area (Å²) in [7, 11) is -3.32. The van der Waals surface area contributed by atoms with Crippen molar-refractivity contribution in [1.82, 2.24) is 4.98 Å². The molecule has 0 aliphatic carbocycles. The van der Waals surface area contributed by atoms with Gasteiger partial charge in [-0.05, 0) is 63.6 Å². The zero-order chi connectivity index (χ0) is 36.2. The van der Waals surface area contributed by atoms with E-state index in [0.717, 1.165) is 28.2 Å². The summed E-state index contributed by atoms with van der Waals surface area (Å²) in [6.45, 7) is 5.93. The van der Waals surface area contributed by atoms with Crippen molar-refractivity contribution >= 4 is 57.2 Å². The average molecular weight is 718 g/mol. The van der Waals surface area contributed by atoms with Crippen molar-refractivity contribution in [3.63, 3.8) is 0 Å². The summed E-state index contributed by atoms with van der Waals surface area (Å²) in [4.78, 5) is 27.4. The van der Waals surface area contributed by atoms with Crippen molar-refractivity contribution < 1.29 is 36.9 Å². The highest BCUT2D eigenvalue weighted by atomic mass is 32.2. The molecule has 1 aromatic heterocycles. The molecule has 12 nitrogen and oxygen atoms in total. The minimum atomic E-state index is -3.64. The molecule has 2 amide bonds. The third-order valence-electron chi connectivity index (χ3n) is 7.69. The lowest BCUT2D eigenvalue weighted by molar-refractivity contribution is 0.262. The van der Waals surface area contributed by atoms with Gasteiger partial charge >= 0.3 is 14.1 Å². The molecule has 14 heteroatoms. The Morgan fingerprint density at radius 1 is 0.860 bits per heavy atom. The molecule has 1 heterocycles. The highest BCUT2D eigenvalue weighted by Gasteiger charge is 2.24. The Hall–Kier alpha value is -5.23. The first-order chi connectivity index (χ1) is 23.6. The lowest BCUT2D eigenvalue weighted by Gasteiger charge is -2.24. The molecule has 5 rings (SSSR count). The average Bonchev–Trinajstić information content (AvgIpc) is 3.04. The van der Waals surface area contributed by atoms with Gasteiger partial charge in [0.05, 0.1) is 37.5 Å². The third kappa shape index (κ3) is 8.67. The van der Waals surface area contributed by atoms with Crippen LogP contribution in [0.5, 0.6) is 23.0 Å². The predicted octanol–water partition coefficient (Wildman–Crippen LogP) is 7.31. The van der Waals surface area contributed by atoms with E-state index < -0.39 is 24.1 Å². The number of aromatic nitrogens is 1. The highest BCUT2D eigenvalue weighted by Crippen LogP contribution is 2.40. The Labute approximate surface area is 291 Å². The van der Waals surface area contributed by atoms with Crippen LogP contribution in [0, 0.1) is 0 Å². The summed E-state index contributed by atoms with van der Waals surface area (Å²) in [6, 6.07) is 22.4. The topological polar surface area (TPSA) is 165 Å². The molecule has 5 aromatic rings. The number of fused-ring (bicyclic) bond motifs is 1. The van der Waals surface area contributed by atoms with Crippen molar-refractivity contribution in [3.05, 3.63) is 102 Å². The number of hydrogen-bond donors (Lipinski definition) is 4. The lowest BCUT2D eigenvalue weighted by atomic mass is 9.86. The van der Waals surface area contributed by atoms with Crippen LogP contribution in [0.2, 0.25) is 0 Å². The minimum Gasteiger partial charge on any atom is -0.492 e. The number of benzene rings is 4. The van der Waals surface area contributed by atoms with Gasteiger partial charge in [-0.1, -0.05) is 51.1 Å². The standard InChI is InChI=1S/C36H37N4O8PS/c1-36(2,3)23-19-29(34(47-5)30(20-23)40-50(6,44)45)39-35(41)38-28-12-13-31(27-10-8-7-9-26(27)28)48-25-15-16-37-24(21-25)17-22-11-14-33(49(42)43)32(18-22)46-4/h7-16,18-21,40H,17H2,1-6H3,(H2-,38,39,41,42,43)/p+1. The van der Waals surface area contributed by atoms with Crippen LogP contribution in [0.4, 0.5) is 21.9 Å². The minimum absolute atomic E-state index is 0.169. The Kier molecular flexibility index (Phi) is 10.6. The summed E-state index contributed by atoms with van der Waals surface area (Å²) in [5, 5.41) is 7.42. The number of urea groups is 1. The summed E-state index contributed by atoms with van der Waals surface area (Å²) < 4.78 is 55.5. The van der Waals surface area contributed by atoms with Crippen molar-refractivity contribution in [2.45, 2.75) is 32.6 Å². The second-order valence-electron chi connectivity index (χ2n) is 12.5. The lowest BCUT2D eigenvalue weighted by Crippen LogP contribution is -2.22. The molecule has 0 saturated heterocycles. The fourth-order valence-corrected chi connectivity index (χ4v) is 6.44. The SMILES string of the molecule is COc1cc(Cc2cc(Oc3ccc(NC(=O)Nc4cc(C(C)(C)C)cc(NS(C)(=O)=O)c4OC)c4ccccc34)ccn2)ccc1[P+](=O)O. The monoisotopic (exact) mass is 717 g/mol. The van der Waals surface area contributed by atoms with Crippen LogP contribution in [0.15, 0.2) is 85.1 Å². The van der Waals surface area contributed by atoms with Crippen LogP contribution in [0.1, 0.15) is 37.6 Å². The van der Waals surface area contributed by atoms with Gasteiger partial charge in [0.2, 0.25) is 10.0 Å². The zero-order valence-corrected chi connectivity index (χ0v) is 30.1. The predicted molar refractivity (Wildman–Crippen MR) is 196 cm³/mol. The molecule has 0 spiro atoms. The van der Waals surface area contributed by atoms with E-state index >= 15 is 0 Å². The number of methoxy groups -OCH3 is 2. The van der Waals surface area contributed by atoms with Crippen molar-refractivity contribution in [2.75, 3.05) is 35.8 Å². The smallest absolute Gasteiger partial charge is 0.492 e. The Morgan fingerprint density at radius 3 is 2.22 bits per heavy atom. The largest absolute Gasteiger partial charge is 0.550 e. The molecule has 4 N–H and O–H groups in total. The molecule has 0 aliphatic heterocycles.